The van der Waals surface area contributed by atoms with Crippen molar-refractivity contribution in [3.8, 4) is 0 Å². The number of H-pyrrole nitrogens is 2. The Hall–Kier alpha value is -5.51. The monoisotopic (exact) mass is 928 g/mol. The van der Waals surface area contributed by atoms with Gasteiger partial charge < -0.3 is 24.8 Å². The third kappa shape index (κ3) is 13.6. The Morgan fingerprint density at radius 1 is 0.824 bits per heavy atom. The van der Waals surface area contributed by atoms with Crippen LogP contribution in [-0.4, -0.2) is 58.0 Å². The number of amides is 1. The van der Waals surface area contributed by atoms with Crippen LogP contribution in [0.5, 0.6) is 0 Å². The van der Waals surface area contributed by atoms with Crippen LogP contribution >= 0.6 is 0 Å². The van der Waals surface area contributed by atoms with E-state index in [0.717, 1.165) is 81.1 Å². The van der Waals surface area contributed by atoms with E-state index >= 15 is 0 Å². The van der Waals surface area contributed by atoms with Crippen LogP contribution in [0.1, 0.15) is 188 Å². The molecule has 0 saturated heterocycles. The molecule has 0 saturated carbocycles. The van der Waals surface area contributed by atoms with Crippen LogP contribution in [0, 0.1) is 31.6 Å². The van der Waals surface area contributed by atoms with E-state index < -0.39 is 5.97 Å². The number of ether oxygens (including phenoxy) is 2. The number of hydrogen-bond acceptors (Lipinski definition) is 7. The number of nitrogens with one attached hydrogen (secondary N) is 3. The van der Waals surface area contributed by atoms with Gasteiger partial charge in [-0.3, -0.25) is 19.4 Å². The van der Waals surface area contributed by atoms with Crippen molar-refractivity contribution < 1.29 is 23.9 Å². The van der Waals surface area contributed by atoms with Gasteiger partial charge in [-0.25, -0.2) is 4.98 Å². The number of methoxy groups -OCH3 is 1. The largest absolute Gasteiger partial charge is 0.469 e. The third-order valence-electron chi connectivity index (χ3n) is 14.4. The Labute approximate surface area is 407 Å². The highest BCUT2D eigenvalue weighted by Crippen LogP contribution is 2.44. The van der Waals surface area contributed by atoms with Crippen molar-refractivity contribution >= 4 is 57.1 Å². The molecule has 0 radical (unpaired) electrons. The molecule has 8 bridgehead atoms. The van der Waals surface area contributed by atoms with E-state index in [1.54, 1.807) is 6.08 Å². The molecular weight excluding hydrogens is 847 g/mol. The van der Waals surface area contributed by atoms with Crippen molar-refractivity contribution in [1.29, 1.82) is 0 Å². The summed E-state index contributed by atoms with van der Waals surface area (Å²) in [6.07, 6.45) is 17.9. The molecule has 10 heteroatoms. The van der Waals surface area contributed by atoms with Gasteiger partial charge >= 0.3 is 11.9 Å². The number of fused-ring (bicyclic) bond motifs is 8. The lowest BCUT2D eigenvalue weighted by Crippen LogP contribution is -2.25. The molecule has 10 nitrogen and oxygen atoms in total. The lowest BCUT2D eigenvalue weighted by Gasteiger charge is -2.18. The van der Waals surface area contributed by atoms with Crippen molar-refractivity contribution in [3.63, 3.8) is 0 Å². The predicted octanol–water partition coefficient (Wildman–Crippen LogP) is 13.7. The Morgan fingerprint density at radius 2 is 1.49 bits per heavy atom. The summed E-state index contributed by atoms with van der Waals surface area (Å²) in [4.78, 5) is 58.9. The summed E-state index contributed by atoms with van der Waals surface area (Å²) in [7, 11) is 1.35. The molecule has 1 amide bonds. The SMILES string of the molecule is C=CCNC(=O)C1=C(C)c2cc3[nH]c(cc4[nH]c(cc5nc(c(CC(=O)OC)c1n2)C(CCC(=O)OCC=C(C)CCCC(C)CCCC(C)CCCC(C)C)C5C)c(C)c4C=C)c(C)c3CC. The molecule has 0 fully saturated rings. The highest BCUT2D eigenvalue weighted by Gasteiger charge is 2.36. The molecule has 5 heterocycles. The second kappa shape index (κ2) is 25.2. The number of esters is 2. The fraction of sp³-hybridized carbons (Fsp3) is 0.534. The molecule has 0 aromatic carbocycles. The minimum Gasteiger partial charge on any atom is -0.469 e. The fourth-order valence-corrected chi connectivity index (χ4v) is 10.0. The average Bonchev–Trinajstić information content (AvgIpc) is 3.98. The first kappa shape index (κ1) is 53.4. The maximum absolute atomic E-state index is 14.2. The zero-order valence-electron chi connectivity index (χ0n) is 43.3. The number of allylic oxidation sites excluding steroid dienone is 2. The number of hydrogen-bond donors (Lipinski definition) is 3. The fourth-order valence-electron chi connectivity index (χ4n) is 10.0. The molecule has 3 N–H and O–H groups in total. The van der Waals surface area contributed by atoms with Crippen molar-refractivity contribution in [1.82, 2.24) is 25.3 Å². The number of nitrogens with zero attached hydrogens (tertiary/aromatic N) is 2. The summed E-state index contributed by atoms with van der Waals surface area (Å²) >= 11 is 0. The highest BCUT2D eigenvalue weighted by molar-refractivity contribution is 6.27. The molecule has 4 unspecified atom stereocenters. The number of rotatable bonds is 24. The first-order valence-electron chi connectivity index (χ1n) is 25.4. The number of carbonyl (C=O) groups is 3. The molecule has 2 aliphatic heterocycles. The van der Waals surface area contributed by atoms with E-state index in [1.165, 1.54) is 57.6 Å². The van der Waals surface area contributed by atoms with Gasteiger partial charge in [-0.05, 0) is 118 Å². The van der Waals surface area contributed by atoms with E-state index in [2.05, 4.69) is 103 Å². The van der Waals surface area contributed by atoms with E-state index in [1.807, 2.05) is 25.1 Å². The first-order chi connectivity index (χ1) is 32.5. The minimum absolute atomic E-state index is 0.141. The normalized spacial score (nSPS) is 15.9. The molecule has 3 aromatic heterocycles. The smallest absolute Gasteiger partial charge is 0.310 e. The van der Waals surface area contributed by atoms with Gasteiger partial charge in [0.1, 0.15) is 6.61 Å². The van der Waals surface area contributed by atoms with Gasteiger partial charge in [-0.1, -0.05) is 111 Å². The van der Waals surface area contributed by atoms with Crippen molar-refractivity contribution in [3.05, 3.63) is 99.7 Å². The quantitative estimate of drug-likeness (QED) is 0.0600. The van der Waals surface area contributed by atoms with Crippen LogP contribution in [0.2, 0.25) is 0 Å². The number of aromatic amines is 2. The number of aryl methyl sites for hydroxylation is 3. The van der Waals surface area contributed by atoms with Crippen LogP contribution in [0.15, 0.2) is 49.1 Å². The molecule has 68 heavy (non-hydrogen) atoms. The Kier molecular flexibility index (Phi) is 19.8. The predicted molar refractivity (Wildman–Crippen MR) is 281 cm³/mol. The number of carbonyl (C=O) groups excluding carboxylic acids is 3. The Bertz CT molecular complexity index is 2540. The Balaban J connectivity index is 1.46. The minimum atomic E-state index is -0.493. The average molecular weight is 928 g/mol. The molecule has 4 atom stereocenters. The zero-order valence-corrected chi connectivity index (χ0v) is 43.3. The lowest BCUT2D eigenvalue weighted by molar-refractivity contribution is -0.143. The third-order valence-corrected chi connectivity index (χ3v) is 14.4. The van der Waals surface area contributed by atoms with Gasteiger partial charge in [0, 0.05) is 63.7 Å². The molecule has 2 aliphatic rings. The van der Waals surface area contributed by atoms with Crippen molar-refractivity contribution in [2.24, 2.45) is 17.8 Å². The van der Waals surface area contributed by atoms with E-state index in [9.17, 15) is 14.4 Å². The summed E-state index contributed by atoms with van der Waals surface area (Å²) < 4.78 is 11.1. The topological polar surface area (TPSA) is 139 Å². The van der Waals surface area contributed by atoms with Gasteiger partial charge in [0.15, 0.2) is 0 Å². The maximum Gasteiger partial charge on any atom is 0.310 e. The van der Waals surface area contributed by atoms with Gasteiger partial charge in [0.2, 0.25) is 0 Å². The molecular formula is C58H81N5O5. The van der Waals surface area contributed by atoms with Crippen molar-refractivity contribution in [2.75, 3.05) is 20.3 Å². The van der Waals surface area contributed by atoms with Gasteiger partial charge in [-0.2, -0.15) is 0 Å². The van der Waals surface area contributed by atoms with Crippen LogP contribution in [0.3, 0.4) is 0 Å². The zero-order chi connectivity index (χ0) is 49.7. The second-order valence-electron chi connectivity index (χ2n) is 20.1. The molecule has 5 rings (SSSR count). The summed E-state index contributed by atoms with van der Waals surface area (Å²) in [5.41, 5.74) is 13.0. The van der Waals surface area contributed by atoms with Crippen molar-refractivity contribution in [2.45, 2.75) is 165 Å². The summed E-state index contributed by atoms with van der Waals surface area (Å²) in [5, 5.41) is 2.96. The van der Waals surface area contributed by atoms with Crippen LogP contribution < -0.4 is 5.32 Å². The molecule has 0 aliphatic carbocycles. The Morgan fingerprint density at radius 3 is 2.13 bits per heavy atom. The van der Waals surface area contributed by atoms with Gasteiger partial charge in [-0.15, -0.1) is 6.58 Å². The standard InChI is InChI=1S/C58H81N5O5/c1-14-29-59-58(66)55-42(12)50-34-52-44(16-3)40(10)48(61-52)33-51-43(15-2)39(9)47(60-51)32-49-41(11)45(56(62-49)46(57(55)63-50)31-54(65)67-13)26-27-53(64)68-30-28-38(8)25-19-24-37(7)23-18-22-36(6)21-17-20-35(4)5/h14-15,28,32-37,41,45,60-61H,1-2,16-27,29-31H2,3-13H3,(H,59,66). The van der Waals surface area contributed by atoms with Crippen LogP contribution in [0.4, 0.5) is 0 Å². The van der Waals surface area contributed by atoms with Gasteiger partial charge in [0.25, 0.3) is 5.91 Å². The summed E-state index contributed by atoms with van der Waals surface area (Å²) in [6, 6.07) is 6.16. The summed E-state index contributed by atoms with van der Waals surface area (Å²) in [5.74, 6) is 0.694. The molecule has 368 valence electrons. The maximum atomic E-state index is 14.2. The molecule has 3 aromatic rings. The molecule has 0 spiro atoms. The second-order valence-corrected chi connectivity index (χ2v) is 20.1. The number of aromatic nitrogens is 4. The highest BCUT2D eigenvalue weighted by atomic mass is 16.5. The van der Waals surface area contributed by atoms with Crippen LogP contribution in [-0.2, 0) is 36.7 Å². The summed E-state index contributed by atoms with van der Waals surface area (Å²) in [6.45, 7) is 30.2. The van der Waals surface area contributed by atoms with Gasteiger partial charge in [0.05, 0.1) is 36.2 Å². The van der Waals surface area contributed by atoms with E-state index in [-0.39, 0.29) is 49.7 Å². The van der Waals surface area contributed by atoms with E-state index in [0.29, 0.717) is 46.1 Å². The van der Waals surface area contributed by atoms with Crippen LogP contribution in [0.25, 0.3) is 39.3 Å². The first-order valence-corrected chi connectivity index (χ1v) is 25.4. The lowest BCUT2D eigenvalue weighted by atomic mass is 9.84. The van der Waals surface area contributed by atoms with E-state index in [4.69, 9.17) is 19.4 Å².